The molecule has 3 amide bonds. The highest BCUT2D eigenvalue weighted by Gasteiger charge is 2.20. The Morgan fingerprint density at radius 1 is 0.806 bits per heavy atom. The average Bonchev–Trinajstić information content (AvgIpc) is 3.32. The monoisotopic (exact) mass is 522 g/mol. The topological polar surface area (TPSA) is 142 Å². The summed E-state index contributed by atoms with van der Waals surface area (Å²) in [7, 11) is 0. The third-order valence-electron chi connectivity index (χ3n) is 5.18. The molecule has 0 aliphatic carbocycles. The minimum Gasteiger partial charge on any atom is -0.397 e. The number of carbonyl (C=O) groups excluding carboxylic acids is 3. The number of amides is 3. The van der Waals surface area contributed by atoms with Crippen LogP contribution in [0.4, 0.5) is 17.1 Å². The van der Waals surface area contributed by atoms with Crippen LogP contribution in [0.2, 0.25) is 10.0 Å². The van der Waals surface area contributed by atoms with Crippen LogP contribution >= 0.6 is 23.2 Å². The van der Waals surface area contributed by atoms with Gasteiger partial charge in [-0.3, -0.25) is 19.5 Å². The molecule has 9 nitrogen and oxygen atoms in total. The second kappa shape index (κ2) is 10.9. The van der Waals surface area contributed by atoms with Crippen molar-refractivity contribution in [3.63, 3.8) is 0 Å². The summed E-state index contributed by atoms with van der Waals surface area (Å²) in [6, 6.07) is 18.4. The number of aromatic nitrogens is 2. The Labute approximate surface area is 216 Å². The van der Waals surface area contributed by atoms with Crippen molar-refractivity contribution in [2.24, 2.45) is 0 Å². The van der Waals surface area contributed by atoms with Crippen molar-refractivity contribution in [1.29, 1.82) is 0 Å². The van der Waals surface area contributed by atoms with Gasteiger partial charge in [-0.05, 0) is 42.0 Å². The van der Waals surface area contributed by atoms with Crippen molar-refractivity contribution in [3.8, 4) is 0 Å². The number of nitrogens with one attached hydrogen (secondary N) is 4. The Kier molecular flexibility index (Phi) is 7.53. The zero-order chi connectivity index (χ0) is 25.7. The van der Waals surface area contributed by atoms with E-state index in [1.165, 1.54) is 18.3 Å². The third-order valence-corrected chi connectivity index (χ3v) is 5.81. The Bertz CT molecular complexity index is 1420. The molecule has 1 heterocycles. The van der Waals surface area contributed by atoms with Crippen LogP contribution in [-0.4, -0.2) is 27.9 Å². The van der Waals surface area contributed by atoms with Crippen LogP contribution in [0.5, 0.6) is 0 Å². The van der Waals surface area contributed by atoms with E-state index >= 15 is 0 Å². The first kappa shape index (κ1) is 24.8. The van der Waals surface area contributed by atoms with Gasteiger partial charge in [0.15, 0.2) is 0 Å². The fourth-order valence-electron chi connectivity index (χ4n) is 3.30. The van der Waals surface area contributed by atoms with Crippen LogP contribution in [0.25, 0.3) is 0 Å². The van der Waals surface area contributed by atoms with Crippen molar-refractivity contribution >= 4 is 58.0 Å². The van der Waals surface area contributed by atoms with E-state index < -0.39 is 11.8 Å². The molecule has 0 atom stereocenters. The lowest BCUT2D eigenvalue weighted by Gasteiger charge is -2.10. The van der Waals surface area contributed by atoms with Gasteiger partial charge in [-0.25, -0.2) is 0 Å². The maximum Gasteiger partial charge on any atom is 0.271 e. The lowest BCUT2D eigenvalue weighted by atomic mass is 10.1. The van der Waals surface area contributed by atoms with Crippen molar-refractivity contribution in [2.45, 2.75) is 6.54 Å². The molecule has 0 fully saturated rings. The van der Waals surface area contributed by atoms with Crippen molar-refractivity contribution < 1.29 is 14.4 Å². The van der Waals surface area contributed by atoms with Crippen LogP contribution < -0.4 is 21.7 Å². The first-order chi connectivity index (χ1) is 17.3. The summed E-state index contributed by atoms with van der Waals surface area (Å²) in [5.74, 6) is -1.37. The molecule has 4 rings (SSSR count). The molecule has 4 aromatic rings. The number of nitrogens with two attached hydrogens (primary N) is 1. The number of aromatic amines is 1. The summed E-state index contributed by atoms with van der Waals surface area (Å²) < 4.78 is 0. The van der Waals surface area contributed by atoms with Gasteiger partial charge in [0.2, 0.25) is 0 Å². The van der Waals surface area contributed by atoms with Gasteiger partial charge >= 0.3 is 0 Å². The fraction of sp³-hybridized carbons (Fsp3) is 0.0400. The molecular formula is C25H20Cl2N6O3. The quantitative estimate of drug-likeness (QED) is 0.223. The number of para-hydroxylation sites is 2. The van der Waals surface area contributed by atoms with E-state index in [0.29, 0.717) is 16.9 Å². The van der Waals surface area contributed by atoms with E-state index in [9.17, 15) is 14.4 Å². The number of carbonyl (C=O) groups is 3. The summed E-state index contributed by atoms with van der Waals surface area (Å²) >= 11 is 12.2. The Morgan fingerprint density at radius 3 is 2.17 bits per heavy atom. The molecule has 0 bridgehead atoms. The second-order valence-corrected chi connectivity index (χ2v) is 8.44. The minimum absolute atomic E-state index is 0.0583. The predicted molar refractivity (Wildman–Crippen MR) is 139 cm³/mol. The van der Waals surface area contributed by atoms with Gasteiger partial charge in [0.1, 0.15) is 5.69 Å². The highest BCUT2D eigenvalue weighted by atomic mass is 35.5. The standard InChI is InChI=1S/C25H20Cl2N6O3/c26-16-4-3-5-17(27)21(16)24(35)32-20-13-30-33-22(20)25(36)29-12-14-8-10-15(11-9-14)23(34)31-19-7-2-1-6-18(19)28/h1-11,13H,12,28H2,(H,29,36)(H,30,33)(H,31,34)(H,32,35). The lowest BCUT2D eigenvalue weighted by molar-refractivity contribution is 0.0945. The number of benzene rings is 3. The van der Waals surface area contributed by atoms with Crippen molar-refractivity contribution in [2.75, 3.05) is 16.4 Å². The van der Waals surface area contributed by atoms with Crippen molar-refractivity contribution in [3.05, 3.63) is 105 Å². The summed E-state index contributed by atoms with van der Waals surface area (Å²) in [5, 5.41) is 14.9. The first-order valence-corrected chi connectivity index (χ1v) is 11.4. The summed E-state index contributed by atoms with van der Waals surface area (Å²) in [4.78, 5) is 37.8. The van der Waals surface area contributed by atoms with E-state index in [-0.39, 0.29) is 39.4 Å². The van der Waals surface area contributed by atoms with E-state index in [2.05, 4.69) is 26.1 Å². The smallest absolute Gasteiger partial charge is 0.271 e. The number of H-pyrrole nitrogens is 1. The molecule has 0 aliphatic heterocycles. The molecule has 11 heteroatoms. The Hall–Kier alpha value is -4.34. The summed E-state index contributed by atoms with van der Waals surface area (Å²) in [5.41, 5.74) is 8.36. The number of anilines is 3. The first-order valence-electron chi connectivity index (χ1n) is 10.6. The summed E-state index contributed by atoms with van der Waals surface area (Å²) in [6.07, 6.45) is 1.31. The number of nitrogens with zero attached hydrogens (tertiary/aromatic N) is 1. The fourth-order valence-corrected chi connectivity index (χ4v) is 3.87. The maximum absolute atomic E-state index is 12.7. The van der Waals surface area contributed by atoms with Gasteiger partial charge in [0.05, 0.1) is 38.9 Å². The largest absolute Gasteiger partial charge is 0.397 e. The average molecular weight is 523 g/mol. The zero-order valence-corrected chi connectivity index (χ0v) is 20.2. The molecule has 1 aromatic heterocycles. The zero-order valence-electron chi connectivity index (χ0n) is 18.6. The molecule has 0 radical (unpaired) electrons. The van der Waals surface area contributed by atoms with E-state index in [1.807, 2.05) is 0 Å². The van der Waals surface area contributed by atoms with Gasteiger partial charge < -0.3 is 21.7 Å². The van der Waals surface area contributed by atoms with Gasteiger partial charge in [0.25, 0.3) is 17.7 Å². The van der Waals surface area contributed by atoms with E-state index in [1.54, 1.807) is 54.6 Å². The van der Waals surface area contributed by atoms with Gasteiger partial charge in [-0.2, -0.15) is 5.10 Å². The second-order valence-electron chi connectivity index (χ2n) is 7.63. The van der Waals surface area contributed by atoms with Gasteiger partial charge in [0, 0.05) is 12.1 Å². The SMILES string of the molecule is Nc1ccccc1NC(=O)c1ccc(CNC(=O)c2[nH]ncc2NC(=O)c2c(Cl)cccc2Cl)cc1. The molecule has 0 unspecified atom stereocenters. The van der Waals surface area contributed by atoms with Crippen LogP contribution in [0.1, 0.15) is 36.8 Å². The lowest BCUT2D eigenvalue weighted by Crippen LogP contribution is -2.25. The van der Waals surface area contributed by atoms with Crippen LogP contribution in [-0.2, 0) is 6.54 Å². The molecule has 3 aromatic carbocycles. The minimum atomic E-state index is -0.577. The highest BCUT2D eigenvalue weighted by Crippen LogP contribution is 2.26. The molecule has 0 aliphatic rings. The number of rotatable bonds is 7. The van der Waals surface area contributed by atoms with Crippen molar-refractivity contribution in [1.82, 2.24) is 15.5 Å². The van der Waals surface area contributed by atoms with E-state index in [4.69, 9.17) is 28.9 Å². The number of halogens is 2. The molecule has 0 spiro atoms. The third kappa shape index (κ3) is 5.65. The number of hydrogen-bond donors (Lipinski definition) is 5. The number of nitrogen functional groups attached to an aromatic ring is 1. The van der Waals surface area contributed by atoms with Crippen LogP contribution in [0.15, 0.2) is 72.9 Å². The number of hydrogen-bond acceptors (Lipinski definition) is 5. The molecule has 182 valence electrons. The maximum atomic E-state index is 12.7. The molecular weight excluding hydrogens is 503 g/mol. The van der Waals surface area contributed by atoms with E-state index in [0.717, 1.165) is 5.56 Å². The Balaban J connectivity index is 1.36. The predicted octanol–water partition coefficient (Wildman–Crippen LogP) is 4.73. The molecule has 0 saturated carbocycles. The van der Waals surface area contributed by atoms with Gasteiger partial charge in [-0.1, -0.05) is 53.5 Å². The van der Waals surface area contributed by atoms with Gasteiger partial charge in [-0.15, -0.1) is 0 Å². The normalized spacial score (nSPS) is 10.5. The highest BCUT2D eigenvalue weighted by molar-refractivity contribution is 6.40. The summed E-state index contributed by atoms with van der Waals surface area (Å²) in [6.45, 7) is 0.176. The molecule has 0 saturated heterocycles. The van der Waals surface area contributed by atoms with Crippen LogP contribution in [0, 0.1) is 0 Å². The Morgan fingerprint density at radius 2 is 1.47 bits per heavy atom. The van der Waals surface area contributed by atoms with Crippen LogP contribution in [0.3, 0.4) is 0 Å². The molecule has 6 N–H and O–H groups in total. The molecule has 36 heavy (non-hydrogen) atoms.